The van der Waals surface area contributed by atoms with Crippen molar-refractivity contribution in [3.05, 3.63) is 57.8 Å². The Balaban J connectivity index is 1.87. The first-order valence-electron chi connectivity index (χ1n) is 7.22. The van der Waals surface area contributed by atoms with Crippen molar-refractivity contribution in [1.82, 2.24) is 4.90 Å². The van der Waals surface area contributed by atoms with Crippen LogP contribution < -0.4 is 0 Å². The Morgan fingerprint density at radius 1 is 1.25 bits per heavy atom. The summed E-state index contributed by atoms with van der Waals surface area (Å²) < 4.78 is 6.17. The SMILES string of the molecule is CCN(C)C[C@H]1OC[C@H](c2ccccc2)c2ccsc21. The highest BCUT2D eigenvalue weighted by Crippen LogP contribution is 2.40. The van der Waals surface area contributed by atoms with E-state index in [4.69, 9.17) is 4.74 Å². The lowest BCUT2D eigenvalue weighted by Crippen LogP contribution is -2.30. The third kappa shape index (κ3) is 2.66. The minimum atomic E-state index is 0.231. The maximum Gasteiger partial charge on any atom is 0.105 e. The maximum absolute atomic E-state index is 6.17. The average molecular weight is 287 g/mol. The summed E-state index contributed by atoms with van der Waals surface area (Å²) in [5, 5.41) is 2.20. The zero-order valence-corrected chi connectivity index (χ0v) is 12.9. The van der Waals surface area contributed by atoms with Crippen LogP contribution in [0.4, 0.5) is 0 Å². The number of benzene rings is 1. The maximum atomic E-state index is 6.17. The van der Waals surface area contributed by atoms with Gasteiger partial charge in [0.2, 0.25) is 0 Å². The van der Waals surface area contributed by atoms with Crippen LogP contribution >= 0.6 is 11.3 Å². The fraction of sp³-hybridized carbons (Fsp3) is 0.412. The first-order valence-corrected chi connectivity index (χ1v) is 8.10. The van der Waals surface area contributed by atoms with E-state index in [1.165, 1.54) is 16.0 Å². The van der Waals surface area contributed by atoms with Crippen LogP contribution in [0.1, 0.15) is 34.9 Å². The lowest BCUT2D eigenvalue weighted by atomic mass is 9.89. The lowest BCUT2D eigenvalue weighted by molar-refractivity contribution is 0.0175. The second-order valence-corrected chi connectivity index (χ2v) is 6.33. The zero-order chi connectivity index (χ0) is 13.9. The topological polar surface area (TPSA) is 12.5 Å². The molecule has 1 aliphatic rings. The fourth-order valence-electron chi connectivity index (χ4n) is 2.77. The van der Waals surface area contributed by atoms with Crippen LogP contribution in [0, 0.1) is 0 Å². The van der Waals surface area contributed by atoms with Crippen LogP contribution in [0.25, 0.3) is 0 Å². The summed E-state index contributed by atoms with van der Waals surface area (Å²) in [5.74, 6) is 0.389. The molecule has 0 spiro atoms. The van der Waals surface area contributed by atoms with Gasteiger partial charge in [-0.3, -0.25) is 0 Å². The van der Waals surface area contributed by atoms with Crippen molar-refractivity contribution in [3.8, 4) is 0 Å². The van der Waals surface area contributed by atoms with Crippen LogP contribution in [0.2, 0.25) is 0 Å². The predicted molar refractivity (Wildman–Crippen MR) is 84.5 cm³/mol. The van der Waals surface area contributed by atoms with Gasteiger partial charge in [-0.1, -0.05) is 37.3 Å². The molecule has 0 saturated carbocycles. The van der Waals surface area contributed by atoms with Crippen LogP contribution in [0.5, 0.6) is 0 Å². The Morgan fingerprint density at radius 2 is 2.05 bits per heavy atom. The molecule has 0 unspecified atom stereocenters. The highest BCUT2D eigenvalue weighted by atomic mass is 32.1. The molecule has 0 N–H and O–H groups in total. The minimum Gasteiger partial charge on any atom is -0.370 e. The summed E-state index contributed by atoms with van der Waals surface area (Å²) in [6.07, 6.45) is 0.231. The highest BCUT2D eigenvalue weighted by molar-refractivity contribution is 7.10. The molecule has 106 valence electrons. The highest BCUT2D eigenvalue weighted by Gasteiger charge is 2.30. The third-order valence-electron chi connectivity index (χ3n) is 4.08. The van der Waals surface area contributed by atoms with E-state index in [0.29, 0.717) is 5.92 Å². The molecule has 1 aromatic heterocycles. The molecule has 2 atom stereocenters. The molecular weight excluding hydrogens is 266 g/mol. The van der Waals surface area contributed by atoms with Crippen molar-refractivity contribution in [2.45, 2.75) is 18.9 Å². The Kier molecular flexibility index (Phi) is 4.20. The van der Waals surface area contributed by atoms with Crippen LogP contribution in [0.15, 0.2) is 41.8 Å². The van der Waals surface area contributed by atoms with Crippen molar-refractivity contribution >= 4 is 11.3 Å². The normalized spacial score (nSPS) is 21.9. The van der Waals surface area contributed by atoms with Gasteiger partial charge in [-0.2, -0.15) is 0 Å². The molecule has 20 heavy (non-hydrogen) atoms. The second-order valence-electron chi connectivity index (χ2n) is 5.38. The number of rotatable bonds is 4. The molecule has 0 fully saturated rings. The van der Waals surface area contributed by atoms with Crippen LogP contribution in [-0.2, 0) is 4.74 Å². The van der Waals surface area contributed by atoms with E-state index in [2.05, 4.69) is 60.6 Å². The minimum absolute atomic E-state index is 0.231. The summed E-state index contributed by atoms with van der Waals surface area (Å²) in [7, 11) is 2.15. The Morgan fingerprint density at radius 3 is 2.80 bits per heavy atom. The molecule has 1 aliphatic heterocycles. The van der Waals surface area contributed by atoms with Crippen LogP contribution in [0.3, 0.4) is 0 Å². The number of thiophene rings is 1. The first kappa shape index (κ1) is 13.8. The van der Waals surface area contributed by atoms with E-state index in [1.54, 1.807) is 0 Å². The summed E-state index contributed by atoms with van der Waals surface area (Å²) in [6, 6.07) is 13.0. The molecule has 2 aromatic rings. The molecule has 0 bridgehead atoms. The molecule has 3 rings (SSSR count). The molecule has 0 aliphatic carbocycles. The summed E-state index contributed by atoms with van der Waals surface area (Å²) in [5.41, 5.74) is 2.82. The van der Waals surface area contributed by atoms with Crippen molar-refractivity contribution in [1.29, 1.82) is 0 Å². The van der Waals surface area contributed by atoms with Crippen molar-refractivity contribution in [2.75, 3.05) is 26.7 Å². The van der Waals surface area contributed by atoms with Gasteiger partial charge in [0.25, 0.3) is 0 Å². The van der Waals surface area contributed by atoms with Crippen molar-refractivity contribution < 1.29 is 4.74 Å². The average Bonchev–Trinajstić information content (AvgIpc) is 2.98. The van der Waals surface area contributed by atoms with E-state index < -0.39 is 0 Å². The van der Waals surface area contributed by atoms with Gasteiger partial charge in [-0.25, -0.2) is 0 Å². The number of nitrogens with zero attached hydrogens (tertiary/aromatic N) is 1. The van der Waals surface area contributed by atoms with Gasteiger partial charge in [0.1, 0.15) is 6.10 Å². The molecule has 2 heterocycles. The number of hydrogen-bond donors (Lipinski definition) is 0. The zero-order valence-electron chi connectivity index (χ0n) is 12.1. The smallest absolute Gasteiger partial charge is 0.105 e. The molecule has 1 aromatic carbocycles. The van der Waals surface area contributed by atoms with Gasteiger partial charge in [-0.05, 0) is 36.2 Å². The van der Waals surface area contributed by atoms with Gasteiger partial charge in [-0.15, -0.1) is 11.3 Å². The monoisotopic (exact) mass is 287 g/mol. The molecule has 0 saturated heterocycles. The Bertz CT molecular complexity index is 551. The number of likely N-dealkylation sites (N-methyl/N-ethyl adjacent to an activating group) is 1. The van der Waals surface area contributed by atoms with Crippen LogP contribution in [-0.4, -0.2) is 31.6 Å². The van der Waals surface area contributed by atoms with E-state index in [9.17, 15) is 0 Å². The number of fused-ring (bicyclic) bond motifs is 1. The van der Waals surface area contributed by atoms with E-state index in [-0.39, 0.29) is 6.10 Å². The van der Waals surface area contributed by atoms with Crippen molar-refractivity contribution in [2.24, 2.45) is 0 Å². The molecule has 2 nitrogen and oxygen atoms in total. The van der Waals surface area contributed by atoms with Gasteiger partial charge in [0.05, 0.1) is 6.61 Å². The van der Waals surface area contributed by atoms with E-state index >= 15 is 0 Å². The van der Waals surface area contributed by atoms with Gasteiger partial charge >= 0.3 is 0 Å². The Labute approximate surface area is 125 Å². The second kappa shape index (κ2) is 6.08. The standard InChI is InChI=1S/C17H21NOS/c1-3-18(2)11-16-17-14(9-10-20-17)15(12-19-16)13-7-5-4-6-8-13/h4-10,15-16H,3,11-12H2,1-2H3/t15-,16-/m1/s1. The largest absolute Gasteiger partial charge is 0.370 e. The number of ether oxygens (including phenoxy) is 1. The number of hydrogen-bond acceptors (Lipinski definition) is 3. The summed E-state index contributed by atoms with van der Waals surface area (Å²) in [4.78, 5) is 3.72. The molecule has 0 radical (unpaired) electrons. The summed E-state index contributed by atoms with van der Waals surface area (Å²) in [6.45, 7) is 5.01. The Hall–Kier alpha value is -1.16. The lowest BCUT2D eigenvalue weighted by Gasteiger charge is -2.31. The summed E-state index contributed by atoms with van der Waals surface area (Å²) >= 11 is 1.83. The molecular formula is C17H21NOS. The van der Waals surface area contributed by atoms with Crippen molar-refractivity contribution in [3.63, 3.8) is 0 Å². The van der Waals surface area contributed by atoms with Gasteiger partial charge < -0.3 is 9.64 Å². The van der Waals surface area contributed by atoms with E-state index in [1.807, 2.05) is 11.3 Å². The first-order chi connectivity index (χ1) is 9.79. The molecule has 3 heteroatoms. The fourth-order valence-corrected chi connectivity index (χ4v) is 3.77. The van der Waals surface area contributed by atoms with E-state index in [0.717, 1.165) is 19.7 Å². The third-order valence-corrected chi connectivity index (χ3v) is 5.10. The predicted octanol–water partition coefficient (Wildman–Crippen LogP) is 3.90. The quantitative estimate of drug-likeness (QED) is 0.845. The van der Waals surface area contributed by atoms with Gasteiger partial charge in [0.15, 0.2) is 0 Å². The van der Waals surface area contributed by atoms with Gasteiger partial charge in [0, 0.05) is 17.3 Å². The molecule has 0 amide bonds.